The van der Waals surface area contributed by atoms with Crippen molar-refractivity contribution >= 4 is 11.8 Å². The van der Waals surface area contributed by atoms with E-state index in [1.807, 2.05) is 4.90 Å². The second-order valence-electron chi connectivity index (χ2n) is 7.45. The SMILES string of the molecule is COCCCN1C(=O)CCC2CN(C(=O)CN3CCNCC3)CCC21. The minimum atomic E-state index is 0.253. The molecule has 0 radical (unpaired) electrons. The highest BCUT2D eigenvalue weighted by atomic mass is 16.5. The first-order chi connectivity index (χ1) is 12.2. The summed E-state index contributed by atoms with van der Waals surface area (Å²) in [5.74, 6) is 0.960. The molecule has 3 aliphatic heterocycles. The summed E-state index contributed by atoms with van der Waals surface area (Å²) in [5, 5.41) is 3.32. The monoisotopic (exact) mass is 352 g/mol. The molecule has 2 atom stereocenters. The van der Waals surface area contributed by atoms with Crippen molar-refractivity contribution in [2.75, 3.05) is 66.1 Å². The zero-order chi connectivity index (χ0) is 17.6. The Morgan fingerprint density at radius 2 is 2.04 bits per heavy atom. The van der Waals surface area contributed by atoms with Crippen LogP contribution in [0, 0.1) is 5.92 Å². The van der Waals surface area contributed by atoms with Crippen LogP contribution >= 0.6 is 0 Å². The second-order valence-corrected chi connectivity index (χ2v) is 7.45. The molecular formula is C18H32N4O3. The van der Waals surface area contributed by atoms with Crippen LogP contribution in [-0.2, 0) is 14.3 Å². The van der Waals surface area contributed by atoms with E-state index in [-0.39, 0.29) is 11.8 Å². The van der Waals surface area contributed by atoms with Crippen LogP contribution in [0.1, 0.15) is 25.7 Å². The number of nitrogens with one attached hydrogen (secondary N) is 1. The Morgan fingerprint density at radius 1 is 1.24 bits per heavy atom. The molecule has 0 saturated carbocycles. The molecule has 7 heteroatoms. The van der Waals surface area contributed by atoms with Gasteiger partial charge in [0.15, 0.2) is 0 Å². The molecule has 2 amide bonds. The van der Waals surface area contributed by atoms with Crippen molar-refractivity contribution in [3.05, 3.63) is 0 Å². The van der Waals surface area contributed by atoms with Gasteiger partial charge in [0.1, 0.15) is 0 Å². The molecule has 3 saturated heterocycles. The third kappa shape index (κ3) is 4.71. The Bertz CT molecular complexity index is 467. The maximum atomic E-state index is 12.7. The van der Waals surface area contributed by atoms with Gasteiger partial charge >= 0.3 is 0 Å². The van der Waals surface area contributed by atoms with E-state index in [9.17, 15) is 9.59 Å². The Balaban J connectivity index is 1.52. The molecule has 3 heterocycles. The molecule has 0 aliphatic carbocycles. The number of piperazine rings is 1. The number of likely N-dealkylation sites (tertiary alicyclic amines) is 2. The van der Waals surface area contributed by atoms with E-state index in [1.54, 1.807) is 7.11 Å². The Labute approximate surface area is 150 Å². The van der Waals surface area contributed by atoms with Gasteiger partial charge in [0.25, 0.3) is 0 Å². The quantitative estimate of drug-likeness (QED) is 0.669. The molecule has 25 heavy (non-hydrogen) atoms. The number of methoxy groups -OCH3 is 1. The van der Waals surface area contributed by atoms with E-state index in [0.717, 1.165) is 65.1 Å². The van der Waals surface area contributed by atoms with Gasteiger partial charge in [-0.25, -0.2) is 0 Å². The molecule has 2 unspecified atom stereocenters. The summed E-state index contributed by atoms with van der Waals surface area (Å²) in [7, 11) is 1.70. The van der Waals surface area contributed by atoms with Gasteiger partial charge in [0.2, 0.25) is 11.8 Å². The normalized spacial score (nSPS) is 28.1. The Kier molecular flexibility index (Phi) is 6.67. The third-order valence-electron chi connectivity index (χ3n) is 5.81. The van der Waals surface area contributed by atoms with Crippen molar-refractivity contribution in [3.63, 3.8) is 0 Å². The lowest BCUT2D eigenvalue weighted by molar-refractivity contribution is -0.144. The molecule has 3 rings (SSSR count). The minimum Gasteiger partial charge on any atom is -0.385 e. The number of piperidine rings is 2. The zero-order valence-electron chi connectivity index (χ0n) is 15.4. The number of amides is 2. The molecular weight excluding hydrogens is 320 g/mol. The molecule has 3 fully saturated rings. The molecule has 142 valence electrons. The zero-order valence-corrected chi connectivity index (χ0v) is 15.4. The van der Waals surface area contributed by atoms with E-state index in [1.165, 1.54) is 0 Å². The standard InChI is InChI=1S/C18H32N4O3/c1-25-12-2-8-22-16-5-9-21(13-15(16)3-4-17(22)23)18(24)14-20-10-6-19-7-11-20/h15-16,19H,2-14H2,1H3. The van der Waals surface area contributed by atoms with Crippen LogP contribution in [0.15, 0.2) is 0 Å². The lowest BCUT2D eigenvalue weighted by Gasteiger charge is -2.47. The Hall–Kier alpha value is -1.18. The fourth-order valence-electron chi connectivity index (χ4n) is 4.41. The maximum Gasteiger partial charge on any atom is 0.236 e. The molecule has 0 bridgehead atoms. The summed E-state index contributed by atoms with van der Waals surface area (Å²) in [4.78, 5) is 31.3. The lowest BCUT2D eigenvalue weighted by atomic mass is 9.83. The van der Waals surface area contributed by atoms with Gasteiger partial charge in [-0.05, 0) is 25.2 Å². The molecule has 7 nitrogen and oxygen atoms in total. The number of hydrogen-bond acceptors (Lipinski definition) is 5. The highest BCUT2D eigenvalue weighted by molar-refractivity contribution is 5.79. The van der Waals surface area contributed by atoms with Crippen molar-refractivity contribution in [1.29, 1.82) is 0 Å². The summed E-state index contributed by atoms with van der Waals surface area (Å²) in [6, 6.07) is 0.307. The van der Waals surface area contributed by atoms with Crippen molar-refractivity contribution in [1.82, 2.24) is 20.0 Å². The van der Waals surface area contributed by atoms with Crippen LogP contribution in [0.4, 0.5) is 0 Å². The van der Waals surface area contributed by atoms with Gasteiger partial charge in [-0.1, -0.05) is 0 Å². The first kappa shape index (κ1) is 18.6. The number of nitrogens with zero attached hydrogens (tertiary/aromatic N) is 3. The molecule has 0 aromatic rings. The van der Waals surface area contributed by atoms with Crippen LogP contribution < -0.4 is 5.32 Å². The van der Waals surface area contributed by atoms with E-state index in [4.69, 9.17) is 4.74 Å². The van der Waals surface area contributed by atoms with Gasteiger partial charge in [-0.2, -0.15) is 0 Å². The number of rotatable bonds is 6. The van der Waals surface area contributed by atoms with Gasteiger partial charge < -0.3 is 19.9 Å². The molecule has 0 aromatic heterocycles. The number of hydrogen-bond donors (Lipinski definition) is 1. The summed E-state index contributed by atoms with van der Waals surface area (Å²) >= 11 is 0. The molecule has 3 aliphatic rings. The second kappa shape index (κ2) is 8.96. The predicted octanol–water partition coefficient (Wildman–Crippen LogP) is -0.232. The Morgan fingerprint density at radius 3 is 2.80 bits per heavy atom. The lowest BCUT2D eigenvalue weighted by Crippen LogP contribution is -2.58. The van der Waals surface area contributed by atoms with Gasteiger partial charge in [-0.3, -0.25) is 14.5 Å². The molecule has 1 N–H and O–H groups in total. The van der Waals surface area contributed by atoms with Crippen LogP contribution in [0.25, 0.3) is 0 Å². The fraction of sp³-hybridized carbons (Fsp3) is 0.889. The number of ether oxygens (including phenoxy) is 1. The summed E-state index contributed by atoms with van der Waals surface area (Å²) < 4.78 is 5.12. The van der Waals surface area contributed by atoms with Crippen molar-refractivity contribution in [3.8, 4) is 0 Å². The van der Waals surface area contributed by atoms with Gasteiger partial charge in [0.05, 0.1) is 6.54 Å². The molecule has 0 aromatic carbocycles. The number of carbonyl (C=O) groups excluding carboxylic acids is 2. The third-order valence-corrected chi connectivity index (χ3v) is 5.81. The summed E-state index contributed by atoms with van der Waals surface area (Å²) in [6.07, 6.45) is 3.34. The average molecular weight is 352 g/mol. The average Bonchev–Trinajstić information content (AvgIpc) is 2.64. The van der Waals surface area contributed by atoms with Crippen molar-refractivity contribution < 1.29 is 14.3 Å². The summed E-state index contributed by atoms with van der Waals surface area (Å²) in [5.41, 5.74) is 0. The van der Waals surface area contributed by atoms with Crippen LogP contribution in [0.2, 0.25) is 0 Å². The highest BCUT2D eigenvalue weighted by Crippen LogP contribution is 2.31. The van der Waals surface area contributed by atoms with Gasteiger partial charge in [-0.15, -0.1) is 0 Å². The van der Waals surface area contributed by atoms with E-state index < -0.39 is 0 Å². The van der Waals surface area contributed by atoms with E-state index in [0.29, 0.717) is 31.5 Å². The van der Waals surface area contributed by atoms with Crippen LogP contribution in [-0.4, -0.2) is 98.6 Å². The van der Waals surface area contributed by atoms with Crippen molar-refractivity contribution in [2.24, 2.45) is 5.92 Å². The largest absolute Gasteiger partial charge is 0.385 e. The summed E-state index contributed by atoms with van der Waals surface area (Å²) in [6.45, 7) is 7.44. The van der Waals surface area contributed by atoms with Crippen LogP contribution in [0.3, 0.4) is 0 Å². The van der Waals surface area contributed by atoms with E-state index >= 15 is 0 Å². The maximum absolute atomic E-state index is 12.7. The minimum absolute atomic E-state index is 0.253. The van der Waals surface area contributed by atoms with Gasteiger partial charge in [0, 0.05) is 72.0 Å². The predicted molar refractivity (Wildman–Crippen MR) is 95.2 cm³/mol. The molecule has 0 spiro atoms. The van der Waals surface area contributed by atoms with E-state index in [2.05, 4.69) is 15.1 Å². The van der Waals surface area contributed by atoms with Crippen molar-refractivity contribution in [2.45, 2.75) is 31.7 Å². The van der Waals surface area contributed by atoms with Crippen LogP contribution in [0.5, 0.6) is 0 Å². The topological polar surface area (TPSA) is 65.1 Å². The number of carbonyl (C=O) groups is 2. The first-order valence-corrected chi connectivity index (χ1v) is 9.68. The smallest absolute Gasteiger partial charge is 0.236 e. The highest BCUT2D eigenvalue weighted by Gasteiger charge is 2.40. The first-order valence-electron chi connectivity index (χ1n) is 9.68. The fourth-order valence-corrected chi connectivity index (χ4v) is 4.41. The number of fused-ring (bicyclic) bond motifs is 1.